The number of nitrogens with two attached hydrogens (primary N) is 1. The van der Waals surface area contributed by atoms with Crippen LogP contribution in [0, 0.1) is 5.92 Å². The van der Waals surface area contributed by atoms with E-state index in [0.717, 1.165) is 12.2 Å². The highest BCUT2D eigenvalue weighted by atomic mass is 32.1. The van der Waals surface area contributed by atoms with Crippen molar-refractivity contribution in [3.05, 3.63) is 23.8 Å². The van der Waals surface area contributed by atoms with Crippen molar-refractivity contribution in [1.82, 2.24) is 0 Å². The van der Waals surface area contributed by atoms with Crippen molar-refractivity contribution in [2.24, 2.45) is 11.7 Å². The van der Waals surface area contributed by atoms with Gasteiger partial charge in [0.15, 0.2) is 0 Å². The van der Waals surface area contributed by atoms with Crippen LogP contribution in [-0.2, 0) is 9.59 Å². The first-order valence-electron chi connectivity index (χ1n) is 11.3. The van der Waals surface area contributed by atoms with Crippen LogP contribution in [0.4, 0.5) is 11.4 Å². The molecule has 0 saturated heterocycles. The maximum atomic E-state index is 8.12. The zero-order valence-electron chi connectivity index (χ0n) is 19.1. The summed E-state index contributed by atoms with van der Waals surface area (Å²) in [6.45, 7) is 10.7. The second-order valence-electron chi connectivity index (χ2n) is 8.64. The zero-order valence-corrected chi connectivity index (χ0v) is 19.9. The van der Waals surface area contributed by atoms with E-state index in [2.05, 4.69) is 56.1 Å². The molecule has 1 aromatic carbocycles. The van der Waals surface area contributed by atoms with E-state index in [1.807, 2.05) is 0 Å². The Morgan fingerprint density at radius 3 is 2.40 bits per heavy atom. The Hall–Kier alpha value is -1.75. The second kappa shape index (κ2) is 14.3. The van der Waals surface area contributed by atoms with Gasteiger partial charge in [0.1, 0.15) is 0 Å². The molecule has 0 heterocycles. The van der Waals surface area contributed by atoms with Gasteiger partial charge in [0.25, 0.3) is 0 Å². The first-order valence-corrected chi connectivity index (χ1v) is 11.7. The fourth-order valence-corrected chi connectivity index (χ4v) is 4.35. The fraction of sp³-hybridized carbons (Fsp3) is 0.667. The summed E-state index contributed by atoms with van der Waals surface area (Å²) in [4.78, 5) is 19.6. The number of benzene rings is 1. The SMILES string of the molecule is CCCC(C)c1ccc(N(CC(C)C)C2CCCCC2)c(NC(=S)CN)c1.O=C=O. The number of carbonyl (C=O) groups excluding carboxylic acids is 2. The molecule has 1 unspecified atom stereocenters. The van der Waals surface area contributed by atoms with Crippen molar-refractivity contribution in [2.45, 2.75) is 84.6 Å². The van der Waals surface area contributed by atoms with Crippen molar-refractivity contribution in [1.29, 1.82) is 0 Å². The number of nitrogens with one attached hydrogen (secondary N) is 1. The van der Waals surface area contributed by atoms with E-state index in [1.54, 1.807) is 0 Å². The molecule has 1 saturated carbocycles. The standard InChI is InChI=1S/C23H39N3S.CO2/c1-5-9-18(4)19-12-13-22(21(14-19)25-23(27)15-24)26(16-17(2)3)20-10-7-6-8-11-20;2-1-3/h12-14,17-18,20H,5-11,15-16,24H2,1-4H3,(H,25,27);. The van der Waals surface area contributed by atoms with E-state index < -0.39 is 0 Å². The van der Waals surface area contributed by atoms with Gasteiger partial charge in [-0.25, -0.2) is 0 Å². The predicted molar refractivity (Wildman–Crippen MR) is 129 cm³/mol. The summed E-state index contributed by atoms with van der Waals surface area (Å²) in [6, 6.07) is 7.59. The number of thiocarbonyl (C=S) groups is 1. The summed E-state index contributed by atoms with van der Waals surface area (Å²) in [7, 11) is 0. The summed E-state index contributed by atoms with van der Waals surface area (Å²) < 4.78 is 0. The normalized spacial score (nSPS) is 15.0. The van der Waals surface area contributed by atoms with Gasteiger partial charge in [-0.2, -0.15) is 9.59 Å². The van der Waals surface area contributed by atoms with Gasteiger partial charge in [-0.3, -0.25) is 0 Å². The van der Waals surface area contributed by atoms with Gasteiger partial charge in [-0.05, 0) is 48.8 Å². The van der Waals surface area contributed by atoms with Crippen LogP contribution in [-0.4, -0.2) is 30.3 Å². The van der Waals surface area contributed by atoms with Crippen molar-refractivity contribution in [3.8, 4) is 0 Å². The molecule has 0 radical (unpaired) electrons. The van der Waals surface area contributed by atoms with E-state index in [-0.39, 0.29) is 6.15 Å². The Bertz CT molecular complexity index is 681. The van der Waals surface area contributed by atoms with Gasteiger partial charge in [-0.1, -0.05) is 71.7 Å². The van der Waals surface area contributed by atoms with Crippen LogP contribution in [0.5, 0.6) is 0 Å². The molecule has 0 amide bonds. The average Bonchev–Trinajstić information content (AvgIpc) is 2.73. The molecule has 1 aliphatic carbocycles. The summed E-state index contributed by atoms with van der Waals surface area (Å²) in [5.74, 6) is 1.18. The van der Waals surface area contributed by atoms with Gasteiger partial charge in [0.2, 0.25) is 0 Å². The molecular formula is C24H39N3O2S. The van der Waals surface area contributed by atoms with E-state index in [0.29, 0.717) is 29.4 Å². The lowest BCUT2D eigenvalue weighted by Crippen LogP contribution is -2.40. The van der Waals surface area contributed by atoms with Crippen LogP contribution >= 0.6 is 12.2 Å². The van der Waals surface area contributed by atoms with Crippen molar-refractivity contribution in [2.75, 3.05) is 23.3 Å². The minimum Gasteiger partial charge on any atom is -0.367 e. The van der Waals surface area contributed by atoms with E-state index in [9.17, 15) is 0 Å². The molecule has 0 spiro atoms. The Labute approximate surface area is 187 Å². The van der Waals surface area contributed by atoms with Gasteiger partial charge >= 0.3 is 6.15 Å². The summed E-state index contributed by atoms with van der Waals surface area (Å²) >= 11 is 5.43. The quantitative estimate of drug-likeness (QED) is 0.501. The number of nitrogens with zero attached hydrogens (tertiary/aromatic N) is 1. The first-order chi connectivity index (χ1) is 14.4. The molecule has 2 rings (SSSR count). The Kier molecular flexibility index (Phi) is 12.5. The van der Waals surface area contributed by atoms with Crippen LogP contribution in [0.25, 0.3) is 0 Å². The monoisotopic (exact) mass is 433 g/mol. The Morgan fingerprint density at radius 2 is 1.87 bits per heavy atom. The third-order valence-electron chi connectivity index (χ3n) is 5.66. The van der Waals surface area contributed by atoms with Gasteiger partial charge in [0, 0.05) is 19.1 Å². The lowest BCUT2D eigenvalue weighted by Gasteiger charge is -2.38. The summed E-state index contributed by atoms with van der Waals surface area (Å²) in [5, 5.41) is 3.46. The lowest BCUT2D eigenvalue weighted by molar-refractivity contribution is -0.191. The summed E-state index contributed by atoms with van der Waals surface area (Å²) in [6.07, 6.45) is 9.31. The molecule has 6 heteroatoms. The first kappa shape index (κ1) is 26.3. The van der Waals surface area contributed by atoms with E-state index in [4.69, 9.17) is 27.5 Å². The van der Waals surface area contributed by atoms with Gasteiger partial charge in [-0.15, -0.1) is 0 Å². The maximum absolute atomic E-state index is 8.12. The molecule has 0 aromatic heterocycles. The van der Waals surface area contributed by atoms with Crippen LogP contribution in [0.15, 0.2) is 18.2 Å². The largest absolute Gasteiger partial charge is 0.373 e. The highest BCUT2D eigenvalue weighted by molar-refractivity contribution is 7.80. The van der Waals surface area contributed by atoms with Gasteiger partial charge in [0.05, 0.1) is 16.4 Å². The van der Waals surface area contributed by atoms with Crippen LogP contribution in [0.2, 0.25) is 0 Å². The maximum Gasteiger partial charge on any atom is 0.373 e. The molecule has 168 valence electrons. The minimum absolute atomic E-state index is 0.250. The molecule has 3 N–H and O–H groups in total. The molecule has 1 fully saturated rings. The van der Waals surface area contributed by atoms with Crippen LogP contribution < -0.4 is 16.0 Å². The number of rotatable bonds is 9. The van der Waals surface area contributed by atoms with Crippen molar-refractivity contribution >= 4 is 34.7 Å². The third-order valence-corrected chi connectivity index (χ3v) is 5.93. The second-order valence-corrected chi connectivity index (χ2v) is 9.13. The Morgan fingerprint density at radius 1 is 1.23 bits per heavy atom. The zero-order chi connectivity index (χ0) is 22.5. The van der Waals surface area contributed by atoms with Crippen molar-refractivity contribution < 1.29 is 9.59 Å². The predicted octanol–water partition coefficient (Wildman–Crippen LogP) is 5.50. The topological polar surface area (TPSA) is 75.4 Å². The average molecular weight is 434 g/mol. The van der Waals surface area contributed by atoms with Crippen LogP contribution in [0.1, 0.15) is 84.1 Å². The molecular weight excluding hydrogens is 394 g/mol. The van der Waals surface area contributed by atoms with Gasteiger partial charge < -0.3 is 16.0 Å². The van der Waals surface area contributed by atoms with Crippen LogP contribution in [0.3, 0.4) is 0 Å². The number of anilines is 2. The van der Waals surface area contributed by atoms with E-state index >= 15 is 0 Å². The fourth-order valence-electron chi connectivity index (χ4n) is 4.24. The minimum atomic E-state index is 0.250. The van der Waals surface area contributed by atoms with E-state index in [1.165, 1.54) is 56.2 Å². The molecule has 0 bridgehead atoms. The number of hydrogen-bond donors (Lipinski definition) is 2. The molecule has 1 atom stereocenters. The molecule has 5 nitrogen and oxygen atoms in total. The molecule has 0 aliphatic heterocycles. The molecule has 30 heavy (non-hydrogen) atoms. The van der Waals surface area contributed by atoms with Crippen molar-refractivity contribution in [3.63, 3.8) is 0 Å². The summed E-state index contributed by atoms with van der Waals surface area (Å²) in [5.41, 5.74) is 9.61. The Balaban J connectivity index is 0.00000141. The lowest BCUT2D eigenvalue weighted by atomic mass is 9.92. The molecule has 1 aliphatic rings. The number of hydrogen-bond acceptors (Lipinski definition) is 5. The smallest absolute Gasteiger partial charge is 0.367 e. The molecule has 1 aromatic rings. The third kappa shape index (κ3) is 8.55. The highest BCUT2D eigenvalue weighted by Gasteiger charge is 2.24. The highest BCUT2D eigenvalue weighted by Crippen LogP contribution is 2.36.